The van der Waals surface area contributed by atoms with E-state index in [9.17, 15) is 4.79 Å². The fourth-order valence-electron chi connectivity index (χ4n) is 1.76. The van der Waals surface area contributed by atoms with E-state index in [1.165, 1.54) is 10.3 Å². The van der Waals surface area contributed by atoms with Crippen molar-refractivity contribution in [1.29, 1.82) is 0 Å². The molecule has 2 aromatic rings. The fraction of sp³-hybridized carbons (Fsp3) is 0.250. The van der Waals surface area contributed by atoms with Crippen LogP contribution in [0, 0.1) is 13.8 Å². The molecule has 0 radical (unpaired) electrons. The van der Waals surface area contributed by atoms with Gasteiger partial charge in [-0.3, -0.25) is 4.79 Å². The van der Waals surface area contributed by atoms with Gasteiger partial charge in [-0.2, -0.15) is 0 Å². The Morgan fingerprint density at radius 3 is 2.80 bits per heavy atom. The lowest BCUT2D eigenvalue weighted by atomic mass is 10.1. The Kier molecular flexibility index (Phi) is 2.49. The van der Waals surface area contributed by atoms with E-state index in [2.05, 4.69) is 18.2 Å². The van der Waals surface area contributed by atoms with Crippen molar-refractivity contribution in [3.63, 3.8) is 0 Å². The highest BCUT2D eigenvalue weighted by molar-refractivity contribution is 7.19. The number of hydrogen-bond acceptors (Lipinski definition) is 2. The molecular weight excluding hydrogens is 208 g/mol. The molecule has 1 N–H and O–H groups in total. The molecule has 0 fully saturated rings. The molecule has 0 saturated heterocycles. The van der Waals surface area contributed by atoms with Crippen LogP contribution in [0.3, 0.4) is 0 Å². The zero-order valence-electron chi connectivity index (χ0n) is 8.70. The van der Waals surface area contributed by atoms with Gasteiger partial charge in [-0.1, -0.05) is 17.7 Å². The van der Waals surface area contributed by atoms with Crippen LogP contribution in [0.4, 0.5) is 0 Å². The van der Waals surface area contributed by atoms with Crippen molar-refractivity contribution in [3.8, 4) is 0 Å². The molecule has 0 amide bonds. The molecule has 0 aliphatic heterocycles. The molecule has 0 saturated carbocycles. The molecule has 1 aromatic heterocycles. The molecule has 0 aliphatic rings. The first-order valence-electron chi connectivity index (χ1n) is 4.78. The van der Waals surface area contributed by atoms with Gasteiger partial charge in [-0.05, 0) is 30.9 Å². The number of fused-ring (bicyclic) bond motifs is 1. The number of benzene rings is 1. The largest absolute Gasteiger partial charge is 0.481 e. The lowest BCUT2D eigenvalue weighted by Gasteiger charge is -1.98. The lowest BCUT2D eigenvalue weighted by Crippen LogP contribution is -2.00. The second-order valence-electron chi connectivity index (χ2n) is 3.71. The predicted octanol–water partition coefficient (Wildman–Crippen LogP) is 3.15. The molecule has 3 heteroatoms. The number of carboxylic acids is 1. The molecule has 0 unspecified atom stereocenters. The third-order valence-corrected chi connectivity index (χ3v) is 3.60. The van der Waals surface area contributed by atoms with Gasteiger partial charge in [0.15, 0.2) is 0 Å². The first-order valence-corrected chi connectivity index (χ1v) is 5.60. The Hall–Kier alpha value is -1.35. The van der Waals surface area contributed by atoms with Crippen molar-refractivity contribution >= 4 is 27.4 Å². The smallest absolute Gasteiger partial charge is 0.307 e. The Morgan fingerprint density at radius 2 is 2.13 bits per heavy atom. The van der Waals surface area contributed by atoms with Gasteiger partial charge in [0, 0.05) is 9.58 Å². The highest BCUT2D eigenvalue weighted by Gasteiger charge is 2.11. The van der Waals surface area contributed by atoms with Crippen molar-refractivity contribution in [3.05, 3.63) is 34.2 Å². The summed E-state index contributed by atoms with van der Waals surface area (Å²) in [5, 5.41) is 9.94. The third-order valence-electron chi connectivity index (χ3n) is 2.48. The van der Waals surface area contributed by atoms with Gasteiger partial charge < -0.3 is 5.11 Å². The van der Waals surface area contributed by atoms with Gasteiger partial charge in [-0.25, -0.2) is 0 Å². The lowest BCUT2D eigenvalue weighted by molar-refractivity contribution is -0.136. The van der Waals surface area contributed by atoms with Gasteiger partial charge in [0.2, 0.25) is 0 Å². The van der Waals surface area contributed by atoms with Crippen LogP contribution >= 0.6 is 11.3 Å². The highest BCUT2D eigenvalue weighted by atomic mass is 32.1. The van der Waals surface area contributed by atoms with Gasteiger partial charge in [-0.15, -0.1) is 11.3 Å². The molecule has 0 atom stereocenters. The van der Waals surface area contributed by atoms with E-state index in [0.29, 0.717) is 0 Å². The summed E-state index contributed by atoms with van der Waals surface area (Å²) >= 11 is 1.67. The topological polar surface area (TPSA) is 37.3 Å². The number of aryl methyl sites for hydroxylation is 2. The van der Waals surface area contributed by atoms with E-state index < -0.39 is 5.97 Å². The van der Waals surface area contributed by atoms with Crippen molar-refractivity contribution in [2.75, 3.05) is 0 Å². The van der Waals surface area contributed by atoms with Crippen LogP contribution in [0.1, 0.15) is 16.0 Å². The number of rotatable bonds is 2. The number of thiophene rings is 1. The Bertz CT molecular complexity index is 526. The number of aliphatic carboxylic acids is 1. The molecule has 2 rings (SSSR count). The SMILES string of the molecule is Cc1ccc2sc(C)c(CC(=O)O)c2c1. The molecule has 1 heterocycles. The van der Waals surface area contributed by atoms with Gasteiger partial charge in [0.05, 0.1) is 6.42 Å². The van der Waals surface area contributed by atoms with Crippen LogP contribution in [0.5, 0.6) is 0 Å². The minimum absolute atomic E-state index is 0.120. The van der Waals surface area contributed by atoms with E-state index >= 15 is 0 Å². The summed E-state index contributed by atoms with van der Waals surface area (Å²) in [4.78, 5) is 11.9. The van der Waals surface area contributed by atoms with Crippen LogP contribution < -0.4 is 0 Å². The highest BCUT2D eigenvalue weighted by Crippen LogP contribution is 2.31. The summed E-state index contributed by atoms with van der Waals surface area (Å²) in [7, 11) is 0. The predicted molar refractivity (Wildman–Crippen MR) is 62.6 cm³/mol. The van der Waals surface area contributed by atoms with E-state index in [1.54, 1.807) is 11.3 Å². The first kappa shape index (κ1) is 10.2. The summed E-state index contributed by atoms with van der Waals surface area (Å²) in [5.74, 6) is -0.765. The van der Waals surface area contributed by atoms with Gasteiger partial charge >= 0.3 is 5.97 Å². The zero-order chi connectivity index (χ0) is 11.0. The Morgan fingerprint density at radius 1 is 1.40 bits per heavy atom. The summed E-state index contributed by atoms with van der Waals surface area (Å²) in [6, 6.07) is 6.19. The average molecular weight is 220 g/mol. The number of hydrogen-bond donors (Lipinski definition) is 1. The average Bonchev–Trinajstić information content (AvgIpc) is 2.43. The first-order chi connectivity index (χ1) is 7.08. The summed E-state index contributed by atoms with van der Waals surface area (Å²) < 4.78 is 1.18. The minimum atomic E-state index is -0.765. The maximum atomic E-state index is 10.8. The fourth-order valence-corrected chi connectivity index (χ4v) is 2.82. The minimum Gasteiger partial charge on any atom is -0.481 e. The molecular formula is C12H12O2S. The van der Waals surface area contributed by atoms with Crippen LogP contribution in [0.25, 0.3) is 10.1 Å². The van der Waals surface area contributed by atoms with Gasteiger partial charge in [0.25, 0.3) is 0 Å². The number of carboxylic acid groups (broad SMARTS) is 1. The van der Waals surface area contributed by atoms with E-state index in [4.69, 9.17) is 5.11 Å². The Balaban J connectivity index is 2.65. The Labute approximate surface area is 92.2 Å². The summed E-state index contributed by atoms with van der Waals surface area (Å²) in [5.41, 5.74) is 2.14. The normalized spacial score (nSPS) is 10.8. The van der Waals surface area contributed by atoms with Crippen LogP contribution in [-0.2, 0) is 11.2 Å². The van der Waals surface area contributed by atoms with Crippen molar-refractivity contribution in [2.24, 2.45) is 0 Å². The van der Waals surface area contributed by atoms with E-state index in [-0.39, 0.29) is 6.42 Å². The van der Waals surface area contributed by atoms with E-state index in [1.807, 2.05) is 13.8 Å². The van der Waals surface area contributed by atoms with Crippen LogP contribution in [0.2, 0.25) is 0 Å². The van der Waals surface area contributed by atoms with Crippen LogP contribution in [0.15, 0.2) is 18.2 Å². The van der Waals surface area contributed by atoms with Gasteiger partial charge in [0.1, 0.15) is 0 Å². The second-order valence-corrected chi connectivity index (χ2v) is 4.96. The standard InChI is InChI=1S/C12H12O2S/c1-7-3-4-11-10(5-7)9(6-12(13)14)8(2)15-11/h3-5H,6H2,1-2H3,(H,13,14). The molecule has 0 aliphatic carbocycles. The molecule has 78 valence electrons. The molecule has 15 heavy (non-hydrogen) atoms. The maximum absolute atomic E-state index is 10.8. The zero-order valence-corrected chi connectivity index (χ0v) is 9.52. The van der Waals surface area contributed by atoms with Crippen molar-refractivity contribution < 1.29 is 9.90 Å². The monoisotopic (exact) mass is 220 g/mol. The maximum Gasteiger partial charge on any atom is 0.307 e. The molecule has 1 aromatic carbocycles. The number of carbonyl (C=O) groups is 1. The summed E-state index contributed by atoms with van der Waals surface area (Å²) in [6.45, 7) is 4.01. The summed E-state index contributed by atoms with van der Waals surface area (Å²) in [6.07, 6.45) is 0.120. The molecule has 2 nitrogen and oxygen atoms in total. The molecule has 0 bridgehead atoms. The van der Waals surface area contributed by atoms with Crippen LogP contribution in [-0.4, -0.2) is 11.1 Å². The van der Waals surface area contributed by atoms with Crippen molar-refractivity contribution in [1.82, 2.24) is 0 Å². The second kappa shape index (κ2) is 3.66. The third kappa shape index (κ3) is 1.88. The molecule has 0 spiro atoms. The van der Waals surface area contributed by atoms with Crippen molar-refractivity contribution in [2.45, 2.75) is 20.3 Å². The quantitative estimate of drug-likeness (QED) is 0.844. The van der Waals surface area contributed by atoms with E-state index in [0.717, 1.165) is 15.8 Å².